The van der Waals surface area contributed by atoms with Crippen molar-refractivity contribution in [3.8, 4) is 0 Å². The predicted molar refractivity (Wildman–Crippen MR) is 81.8 cm³/mol. The van der Waals surface area contributed by atoms with Gasteiger partial charge in [-0.15, -0.1) is 0 Å². The van der Waals surface area contributed by atoms with E-state index in [0.29, 0.717) is 6.54 Å². The molecule has 2 rings (SSSR count). The van der Waals surface area contributed by atoms with Crippen LogP contribution in [0.4, 0.5) is 16.2 Å². The Morgan fingerprint density at radius 1 is 1.36 bits per heavy atom. The SMILES string of the molecule is O=C(NC[C@@H](O)CN1CCCC1)Nc1ccccc1[N+](=O)[O-]. The van der Waals surface area contributed by atoms with Gasteiger partial charge in [-0.1, -0.05) is 12.1 Å². The number of rotatable bonds is 6. The summed E-state index contributed by atoms with van der Waals surface area (Å²) in [7, 11) is 0. The molecule has 1 heterocycles. The van der Waals surface area contributed by atoms with Gasteiger partial charge in [0.15, 0.2) is 0 Å². The first-order valence-electron chi connectivity index (χ1n) is 7.25. The minimum Gasteiger partial charge on any atom is -0.390 e. The fourth-order valence-corrected chi connectivity index (χ4v) is 2.44. The van der Waals surface area contributed by atoms with Gasteiger partial charge in [-0.05, 0) is 32.0 Å². The lowest BCUT2D eigenvalue weighted by Crippen LogP contribution is -2.40. The number of nitro benzene ring substituents is 1. The third-order valence-electron chi connectivity index (χ3n) is 3.51. The number of hydrogen-bond donors (Lipinski definition) is 3. The molecule has 1 atom stereocenters. The molecule has 22 heavy (non-hydrogen) atoms. The van der Waals surface area contributed by atoms with E-state index in [1.807, 2.05) is 0 Å². The van der Waals surface area contributed by atoms with Gasteiger partial charge >= 0.3 is 6.03 Å². The minimum absolute atomic E-state index is 0.100. The normalized spacial score (nSPS) is 16.2. The zero-order valence-electron chi connectivity index (χ0n) is 12.2. The van der Waals surface area contributed by atoms with Crippen LogP contribution in [0.15, 0.2) is 24.3 Å². The van der Waals surface area contributed by atoms with E-state index in [-0.39, 0.29) is 17.9 Å². The lowest BCUT2D eigenvalue weighted by molar-refractivity contribution is -0.383. The van der Waals surface area contributed by atoms with Crippen molar-refractivity contribution >= 4 is 17.4 Å². The molecule has 3 N–H and O–H groups in total. The van der Waals surface area contributed by atoms with E-state index in [2.05, 4.69) is 15.5 Å². The number of likely N-dealkylation sites (tertiary alicyclic amines) is 1. The van der Waals surface area contributed by atoms with Gasteiger partial charge in [-0.3, -0.25) is 10.1 Å². The molecule has 0 spiro atoms. The number of hydrogen-bond acceptors (Lipinski definition) is 5. The Labute approximate surface area is 128 Å². The van der Waals surface area contributed by atoms with Gasteiger partial charge in [0, 0.05) is 19.2 Å². The van der Waals surface area contributed by atoms with Crippen molar-refractivity contribution in [1.29, 1.82) is 0 Å². The van der Waals surface area contributed by atoms with Crippen LogP contribution in [0.25, 0.3) is 0 Å². The Morgan fingerprint density at radius 3 is 2.73 bits per heavy atom. The van der Waals surface area contributed by atoms with Crippen LogP contribution in [0.2, 0.25) is 0 Å². The van der Waals surface area contributed by atoms with Crippen LogP contribution in [0.1, 0.15) is 12.8 Å². The third kappa shape index (κ3) is 4.68. The molecule has 0 radical (unpaired) electrons. The summed E-state index contributed by atoms with van der Waals surface area (Å²) in [6, 6.07) is 5.33. The standard InChI is InChI=1S/C14H20N4O4/c19-11(10-17-7-3-4-8-17)9-15-14(20)16-12-5-1-2-6-13(12)18(21)22/h1-2,5-6,11,19H,3-4,7-10H2,(H2,15,16,20)/t11-/m1/s1. The molecule has 1 fully saturated rings. The number of benzene rings is 1. The highest BCUT2D eigenvalue weighted by Crippen LogP contribution is 2.22. The Bertz CT molecular complexity index is 531. The van der Waals surface area contributed by atoms with Crippen molar-refractivity contribution in [2.45, 2.75) is 18.9 Å². The van der Waals surface area contributed by atoms with Crippen molar-refractivity contribution < 1.29 is 14.8 Å². The number of β-amino-alcohol motifs (C(OH)–C–C–N with tert-alkyl or cyclic N) is 1. The van der Waals surface area contributed by atoms with E-state index in [0.717, 1.165) is 25.9 Å². The first kappa shape index (κ1) is 16.2. The molecule has 1 aliphatic heterocycles. The van der Waals surface area contributed by atoms with Gasteiger partial charge in [-0.25, -0.2) is 4.79 Å². The lowest BCUT2D eigenvalue weighted by atomic mass is 10.2. The Balaban J connectivity index is 1.79. The highest BCUT2D eigenvalue weighted by Gasteiger charge is 2.17. The maximum absolute atomic E-state index is 11.8. The molecule has 1 aromatic rings. The minimum atomic E-state index is -0.658. The predicted octanol–water partition coefficient (Wildman–Crippen LogP) is 1.17. The first-order chi connectivity index (χ1) is 10.6. The van der Waals surface area contributed by atoms with Crippen molar-refractivity contribution in [2.24, 2.45) is 0 Å². The molecule has 8 heteroatoms. The van der Waals surface area contributed by atoms with E-state index in [4.69, 9.17) is 0 Å². The molecule has 0 aromatic heterocycles. The second-order valence-corrected chi connectivity index (χ2v) is 5.27. The number of nitrogens with one attached hydrogen (secondary N) is 2. The summed E-state index contributed by atoms with van der Waals surface area (Å²) in [6.07, 6.45) is 1.62. The highest BCUT2D eigenvalue weighted by molar-refractivity contribution is 5.91. The van der Waals surface area contributed by atoms with E-state index < -0.39 is 17.1 Å². The lowest BCUT2D eigenvalue weighted by Gasteiger charge is -2.19. The molecule has 1 saturated heterocycles. The number of amides is 2. The Morgan fingerprint density at radius 2 is 2.05 bits per heavy atom. The summed E-state index contributed by atoms with van der Waals surface area (Å²) in [5, 5.41) is 25.7. The number of urea groups is 1. The van der Waals surface area contributed by atoms with E-state index in [1.54, 1.807) is 6.07 Å². The summed E-state index contributed by atoms with van der Waals surface area (Å²) in [5.74, 6) is 0. The number of aliphatic hydroxyl groups excluding tert-OH is 1. The van der Waals surface area contributed by atoms with E-state index in [9.17, 15) is 20.0 Å². The molecule has 1 aromatic carbocycles. The molecule has 2 amide bonds. The van der Waals surface area contributed by atoms with Crippen molar-refractivity contribution in [3.05, 3.63) is 34.4 Å². The second-order valence-electron chi connectivity index (χ2n) is 5.27. The molecule has 1 aliphatic rings. The van der Waals surface area contributed by atoms with Crippen molar-refractivity contribution in [2.75, 3.05) is 31.5 Å². The van der Waals surface area contributed by atoms with E-state index >= 15 is 0 Å². The molecule has 0 aliphatic carbocycles. The number of para-hydroxylation sites is 2. The summed E-state index contributed by atoms with van der Waals surface area (Å²) in [5.41, 5.74) is -0.0469. The largest absolute Gasteiger partial charge is 0.390 e. The maximum atomic E-state index is 11.8. The quantitative estimate of drug-likeness (QED) is 0.540. The van der Waals surface area contributed by atoms with Crippen molar-refractivity contribution in [1.82, 2.24) is 10.2 Å². The fourth-order valence-electron chi connectivity index (χ4n) is 2.44. The fraction of sp³-hybridized carbons (Fsp3) is 0.500. The van der Waals surface area contributed by atoms with Gasteiger partial charge in [0.2, 0.25) is 0 Å². The van der Waals surface area contributed by atoms with Gasteiger partial charge in [0.05, 0.1) is 11.0 Å². The van der Waals surface area contributed by atoms with Crippen molar-refractivity contribution in [3.63, 3.8) is 0 Å². The van der Waals surface area contributed by atoms with Crippen LogP contribution >= 0.6 is 0 Å². The van der Waals surface area contributed by atoms with Gasteiger partial charge in [0.25, 0.3) is 5.69 Å². The van der Waals surface area contributed by atoms with Crippen LogP contribution in [0.3, 0.4) is 0 Å². The van der Waals surface area contributed by atoms with Crippen LogP contribution in [0, 0.1) is 10.1 Å². The average molecular weight is 308 g/mol. The van der Waals surface area contributed by atoms with Crippen LogP contribution in [-0.4, -0.2) is 53.2 Å². The van der Waals surface area contributed by atoms with Gasteiger partial charge in [-0.2, -0.15) is 0 Å². The number of nitro groups is 1. The van der Waals surface area contributed by atoms with Crippen LogP contribution in [-0.2, 0) is 0 Å². The molecule has 0 bridgehead atoms. The number of aliphatic hydroxyl groups is 1. The number of nitrogens with zero attached hydrogens (tertiary/aromatic N) is 2. The summed E-state index contributed by atoms with van der Waals surface area (Å²) in [6.45, 7) is 2.56. The molecule has 0 unspecified atom stereocenters. The molecule has 8 nitrogen and oxygen atoms in total. The number of anilines is 1. The summed E-state index contributed by atoms with van der Waals surface area (Å²) < 4.78 is 0. The second kappa shape index (κ2) is 7.71. The molecular formula is C14H20N4O4. The molecule has 120 valence electrons. The first-order valence-corrected chi connectivity index (χ1v) is 7.25. The molecular weight excluding hydrogens is 288 g/mol. The number of carbonyl (C=O) groups is 1. The van der Waals surface area contributed by atoms with Crippen LogP contribution in [0.5, 0.6) is 0 Å². The molecule has 0 saturated carbocycles. The Kier molecular flexibility index (Phi) is 5.68. The average Bonchev–Trinajstić information content (AvgIpc) is 2.98. The van der Waals surface area contributed by atoms with Gasteiger partial charge in [0.1, 0.15) is 5.69 Å². The monoisotopic (exact) mass is 308 g/mol. The summed E-state index contributed by atoms with van der Waals surface area (Å²) >= 11 is 0. The van der Waals surface area contributed by atoms with Gasteiger partial charge < -0.3 is 20.6 Å². The van der Waals surface area contributed by atoms with Crippen LogP contribution < -0.4 is 10.6 Å². The topological polar surface area (TPSA) is 108 Å². The summed E-state index contributed by atoms with van der Waals surface area (Å²) in [4.78, 5) is 24.2. The Hall–Kier alpha value is -2.19. The smallest absolute Gasteiger partial charge is 0.319 e. The zero-order valence-corrected chi connectivity index (χ0v) is 12.2. The highest BCUT2D eigenvalue weighted by atomic mass is 16.6. The zero-order chi connectivity index (χ0) is 15.9. The third-order valence-corrected chi connectivity index (χ3v) is 3.51. The maximum Gasteiger partial charge on any atom is 0.319 e. The number of carbonyl (C=O) groups excluding carboxylic acids is 1. The van der Waals surface area contributed by atoms with E-state index in [1.165, 1.54) is 18.2 Å².